The minimum absolute atomic E-state index is 0.0627. The predicted octanol–water partition coefficient (Wildman–Crippen LogP) is 5.68. The van der Waals surface area contributed by atoms with Gasteiger partial charge >= 0.3 is 5.97 Å². The average molecular weight is 404 g/mol. The lowest BCUT2D eigenvalue weighted by molar-refractivity contribution is -0.147. The van der Waals surface area contributed by atoms with Crippen LogP contribution in [0.4, 0.5) is 10.1 Å². The largest absolute Gasteiger partial charge is 0.462 e. The first-order chi connectivity index (χ1) is 12.2. The smallest absolute Gasteiger partial charge is 0.319 e. The fraction of sp³-hybridized carbons (Fsp3) is 0.579. The first-order valence-corrected chi connectivity index (χ1v) is 10.1. The SMILES string of the molecule is CCC(C)CC(=O)Nc1cc(SC(C)C(=O)OC(C)CC)c(Cl)cc1F. The van der Waals surface area contributed by atoms with Gasteiger partial charge in [0.2, 0.25) is 5.91 Å². The summed E-state index contributed by atoms with van der Waals surface area (Å²) >= 11 is 7.28. The number of amides is 1. The van der Waals surface area contributed by atoms with Crippen LogP contribution in [-0.2, 0) is 14.3 Å². The second-order valence-corrected chi connectivity index (χ2v) is 8.23. The molecule has 0 bridgehead atoms. The summed E-state index contributed by atoms with van der Waals surface area (Å²) in [6.07, 6.45) is 1.75. The van der Waals surface area contributed by atoms with Crippen LogP contribution in [-0.4, -0.2) is 23.2 Å². The summed E-state index contributed by atoms with van der Waals surface area (Å²) in [7, 11) is 0. The number of benzene rings is 1. The van der Waals surface area contributed by atoms with Crippen LogP contribution in [0.15, 0.2) is 17.0 Å². The molecule has 0 aliphatic carbocycles. The van der Waals surface area contributed by atoms with Crippen molar-refractivity contribution in [2.24, 2.45) is 5.92 Å². The van der Waals surface area contributed by atoms with Crippen LogP contribution in [0.3, 0.4) is 0 Å². The lowest BCUT2D eigenvalue weighted by Gasteiger charge is -2.17. The number of thioether (sulfide) groups is 1. The number of ether oxygens (including phenoxy) is 1. The maximum atomic E-state index is 14.1. The number of anilines is 1. The van der Waals surface area contributed by atoms with Crippen molar-refractivity contribution in [2.75, 3.05) is 5.32 Å². The van der Waals surface area contributed by atoms with Gasteiger partial charge in [0.05, 0.1) is 16.8 Å². The highest BCUT2D eigenvalue weighted by molar-refractivity contribution is 8.00. The van der Waals surface area contributed by atoms with Gasteiger partial charge in [0, 0.05) is 11.3 Å². The average Bonchev–Trinajstić information content (AvgIpc) is 2.58. The van der Waals surface area contributed by atoms with Gasteiger partial charge in [-0.1, -0.05) is 38.8 Å². The van der Waals surface area contributed by atoms with Crippen molar-refractivity contribution in [1.29, 1.82) is 0 Å². The molecular formula is C19H27ClFNO3S. The number of halogens is 2. The zero-order valence-corrected chi connectivity index (χ0v) is 17.5. The molecule has 1 rings (SSSR count). The highest BCUT2D eigenvalue weighted by Gasteiger charge is 2.21. The minimum Gasteiger partial charge on any atom is -0.462 e. The number of esters is 1. The van der Waals surface area contributed by atoms with Gasteiger partial charge in [0.1, 0.15) is 11.1 Å². The number of hydrogen-bond acceptors (Lipinski definition) is 4. The van der Waals surface area contributed by atoms with Gasteiger partial charge in [-0.05, 0) is 38.3 Å². The van der Waals surface area contributed by atoms with Gasteiger partial charge in [0.15, 0.2) is 0 Å². The fourth-order valence-electron chi connectivity index (χ4n) is 1.99. The molecule has 7 heteroatoms. The van der Waals surface area contributed by atoms with Gasteiger partial charge in [-0.3, -0.25) is 9.59 Å². The van der Waals surface area contributed by atoms with Crippen molar-refractivity contribution in [2.45, 2.75) is 70.1 Å². The molecule has 26 heavy (non-hydrogen) atoms. The van der Waals surface area contributed by atoms with E-state index in [1.54, 1.807) is 6.92 Å². The number of hydrogen-bond donors (Lipinski definition) is 1. The molecule has 1 N–H and O–H groups in total. The summed E-state index contributed by atoms with van der Waals surface area (Å²) in [6.45, 7) is 9.42. The molecule has 0 heterocycles. The van der Waals surface area contributed by atoms with Gasteiger partial charge in [0.25, 0.3) is 0 Å². The van der Waals surface area contributed by atoms with Gasteiger partial charge in [-0.25, -0.2) is 4.39 Å². The summed E-state index contributed by atoms with van der Waals surface area (Å²) in [5.74, 6) is -0.992. The van der Waals surface area contributed by atoms with Gasteiger partial charge in [-0.2, -0.15) is 0 Å². The highest BCUT2D eigenvalue weighted by Crippen LogP contribution is 2.35. The van der Waals surface area contributed by atoms with Crippen LogP contribution < -0.4 is 5.32 Å². The summed E-state index contributed by atoms with van der Waals surface area (Å²) in [6, 6.07) is 2.61. The molecule has 1 amide bonds. The Morgan fingerprint density at radius 1 is 1.23 bits per heavy atom. The first-order valence-electron chi connectivity index (χ1n) is 8.83. The third-order valence-electron chi connectivity index (χ3n) is 4.05. The van der Waals surface area contributed by atoms with E-state index in [1.165, 1.54) is 17.8 Å². The Hall–Kier alpha value is -1.27. The zero-order chi connectivity index (χ0) is 19.9. The number of nitrogens with one attached hydrogen (secondary N) is 1. The molecule has 0 aliphatic rings. The molecule has 0 aliphatic heterocycles. The van der Waals surface area contributed by atoms with E-state index in [0.717, 1.165) is 18.9 Å². The molecule has 4 nitrogen and oxygen atoms in total. The normalized spacial score (nSPS) is 14.4. The van der Waals surface area contributed by atoms with E-state index in [9.17, 15) is 14.0 Å². The molecule has 0 spiro atoms. The van der Waals surface area contributed by atoms with E-state index >= 15 is 0 Å². The van der Waals surface area contributed by atoms with Crippen molar-refractivity contribution >= 4 is 40.9 Å². The van der Waals surface area contributed by atoms with E-state index in [1.807, 2.05) is 27.7 Å². The van der Waals surface area contributed by atoms with E-state index in [-0.39, 0.29) is 34.6 Å². The van der Waals surface area contributed by atoms with Crippen LogP contribution in [0, 0.1) is 11.7 Å². The van der Waals surface area contributed by atoms with Crippen LogP contribution in [0.25, 0.3) is 0 Å². The Morgan fingerprint density at radius 2 is 1.88 bits per heavy atom. The summed E-state index contributed by atoms with van der Waals surface area (Å²) in [5, 5.41) is 2.27. The van der Waals surface area contributed by atoms with E-state index < -0.39 is 11.1 Å². The molecule has 0 aromatic heterocycles. The number of carbonyl (C=O) groups is 2. The molecule has 0 saturated carbocycles. The zero-order valence-electron chi connectivity index (χ0n) is 15.9. The van der Waals surface area contributed by atoms with Crippen molar-refractivity contribution in [3.63, 3.8) is 0 Å². The van der Waals surface area contributed by atoms with E-state index in [2.05, 4.69) is 5.32 Å². The van der Waals surface area contributed by atoms with Crippen molar-refractivity contribution < 1.29 is 18.7 Å². The molecule has 0 radical (unpaired) electrons. The third kappa shape index (κ3) is 7.16. The molecular weight excluding hydrogens is 377 g/mol. The maximum Gasteiger partial charge on any atom is 0.319 e. The second-order valence-electron chi connectivity index (χ2n) is 6.44. The molecule has 0 fully saturated rings. The van der Waals surface area contributed by atoms with E-state index in [0.29, 0.717) is 11.3 Å². The van der Waals surface area contributed by atoms with Crippen LogP contribution >= 0.6 is 23.4 Å². The Balaban J connectivity index is 2.86. The van der Waals surface area contributed by atoms with Crippen LogP contribution in [0.1, 0.15) is 53.9 Å². The number of carbonyl (C=O) groups excluding carboxylic acids is 2. The third-order valence-corrected chi connectivity index (χ3v) is 5.62. The molecule has 3 unspecified atom stereocenters. The minimum atomic E-state index is -0.605. The maximum absolute atomic E-state index is 14.1. The van der Waals surface area contributed by atoms with Crippen LogP contribution in [0.5, 0.6) is 0 Å². The van der Waals surface area contributed by atoms with E-state index in [4.69, 9.17) is 16.3 Å². The molecule has 1 aromatic carbocycles. The topological polar surface area (TPSA) is 55.4 Å². The lowest BCUT2D eigenvalue weighted by Crippen LogP contribution is -2.22. The van der Waals surface area contributed by atoms with Crippen LogP contribution in [0.2, 0.25) is 5.02 Å². The lowest BCUT2D eigenvalue weighted by atomic mass is 10.1. The Bertz CT molecular complexity index is 641. The molecule has 0 saturated heterocycles. The molecule has 1 aromatic rings. The second kappa shape index (κ2) is 10.8. The quantitative estimate of drug-likeness (QED) is 0.426. The van der Waals surface area contributed by atoms with Crippen molar-refractivity contribution in [3.8, 4) is 0 Å². The number of rotatable bonds is 9. The fourth-order valence-corrected chi connectivity index (χ4v) is 3.17. The van der Waals surface area contributed by atoms with Crippen molar-refractivity contribution in [3.05, 3.63) is 23.0 Å². The Labute approximate surface area is 164 Å². The summed E-state index contributed by atoms with van der Waals surface area (Å²) in [4.78, 5) is 24.6. The summed E-state index contributed by atoms with van der Waals surface area (Å²) in [5.41, 5.74) is 0.0627. The monoisotopic (exact) mass is 403 g/mol. The first kappa shape index (κ1) is 22.8. The van der Waals surface area contributed by atoms with Gasteiger partial charge < -0.3 is 10.1 Å². The summed E-state index contributed by atoms with van der Waals surface area (Å²) < 4.78 is 19.4. The predicted molar refractivity (Wildman–Crippen MR) is 105 cm³/mol. The molecule has 3 atom stereocenters. The van der Waals surface area contributed by atoms with Gasteiger partial charge in [-0.15, -0.1) is 11.8 Å². The molecule has 146 valence electrons. The standard InChI is InChI=1S/C19H27ClFNO3S/c1-6-11(3)8-18(23)22-16-10-17(14(20)9-15(16)21)26-13(5)19(24)25-12(4)7-2/h9-13H,6-8H2,1-5H3,(H,22,23). The highest BCUT2D eigenvalue weighted by atomic mass is 35.5. The Morgan fingerprint density at radius 3 is 2.46 bits per heavy atom. The van der Waals surface area contributed by atoms with Crippen molar-refractivity contribution in [1.82, 2.24) is 0 Å². The Kier molecular flexibility index (Phi) is 9.44.